The summed E-state index contributed by atoms with van der Waals surface area (Å²) in [4.78, 5) is 3.77. The van der Waals surface area contributed by atoms with Crippen LogP contribution in [0.4, 0.5) is 0 Å². The van der Waals surface area contributed by atoms with Crippen molar-refractivity contribution in [1.82, 2.24) is 4.98 Å². The molecule has 0 bridgehead atoms. The van der Waals surface area contributed by atoms with Crippen molar-refractivity contribution in [2.45, 2.75) is 6.61 Å². The van der Waals surface area contributed by atoms with E-state index in [4.69, 9.17) is 5.11 Å². The number of pyridine rings is 1. The highest BCUT2D eigenvalue weighted by atomic mass is 79.9. The molecule has 0 saturated carbocycles. The summed E-state index contributed by atoms with van der Waals surface area (Å²) in [7, 11) is 0. The summed E-state index contributed by atoms with van der Waals surface area (Å²) in [6, 6.07) is 3.47. The maximum absolute atomic E-state index is 8.61. The van der Waals surface area contributed by atoms with Crippen molar-refractivity contribution < 1.29 is 5.11 Å². The Kier molecular flexibility index (Phi) is 2.19. The number of rotatable bonds is 1. The third kappa shape index (κ3) is 1.50. The Bertz CT molecular complexity index is 202. The van der Waals surface area contributed by atoms with Gasteiger partial charge in [0, 0.05) is 4.47 Å². The molecule has 0 saturated heterocycles. The summed E-state index contributed by atoms with van der Waals surface area (Å²) < 4.78 is 0.823. The highest BCUT2D eigenvalue weighted by Crippen LogP contribution is 2.11. The van der Waals surface area contributed by atoms with E-state index >= 15 is 0 Å². The fraction of sp³-hybridized carbons (Fsp3) is 0.167. The largest absolute Gasteiger partial charge is 0.390 e. The first-order chi connectivity index (χ1) is 4.34. The van der Waals surface area contributed by atoms with Gasteiger partial charge in [0.05, 0.1) is 18.5 Å². The van der Waals surface area contributed by atoms with Crippen LogP contribution in [-0.4, -0.2) is 10.1 Å². The molecule has 47 valence electrons. The molecule has 0 amide bonds. The molecule has 0 fully saturated rings. The monoisotopic (exact) mass is 186 g/mol. The van der Waals surface area contributed by atoms with Gasteiger partial charge in [-0.3, -0.25) is 0 Å². The summed E-state index contributed by atoms with van der Waals surface area (Å²) in [5, 5.41) is 8.61. The van der Waals surface area contributed by atoms with E-state index in [1.54, 1.807) is 12.1 Å². The van der Waals surface area contributed by atoms with Crippen molar-refractivity contribution in [3.63, 3.8) is 0 Å². The predicted octanol–water partition coefficient (Wildman–Crippen LogP) is 1.14. The van der Waals surface area contributed by atoms with Gasteiger partial charge in [-0.2, -0.15) is 0 Å². The Morgan fingerprint density at radius 2 is 2.56 bits per heavy atom. The van der Waals surface area contributed by atoms with Gasteiger partial charge in [-0.25, -0.2) is 4.98 Å². The molecule has 1 rings (SSSR count). The van der Waals surface area contributed by atoms with Crippen LogP contribution < -0.4 is 0 Å². The van der Waals surface area contributed by atoms with E-state index in [2.05, 4.69) is 27.1 Å². The van der Waals surface area contributed by atoms with Crippen LogP contribution in [-0.2, 0) is 6.61 Å². The molecule has 9 heavy (non-hydrogen) atoms. The molecule has 1 aromatic heterocycles. The fourth-order valence-corrected chi connectivity index (χ4v) is 0.832. The highest BCUT2D eigenvalue weighted by Gasteiger charge is 1.94. The quantitative estimate of drug-likeness (QED) is 0.714. The zero-order chi connectivity index (χ0) is 6.69. The lowest BCUT2D eigenvalue weighted by molar-refractivity contribution is 0.276. The number of halogens is 1. The molecule has 0 unspecified atom stereocenters. The Morgan fingerprint density at radius 3 is 3.00 bits per heavy atom. The molecule has 0 aliphatic carbocycles. The molecular formula is C6H5BrNO. The van der Waals surface area contributed by atoms with Gasteiger partial charge < -0.3 is 5.11 Å². The maximum atomic E-state index is 8.61. The lowest BCUT2D eigenvalue weighted by atomic mass is 10.4. The molecule has 3 heteroatoms. The van der Waals surface area contributed by atoms with Crippen LogP contribution in [0, 0.1) is 6.20 Å². The topological polar surface area (TPSA) is 33.1 Å². The van der Waals surface area contributed by atoms with Gasteiger partial charge in [0.15, 0.2) is 0 Å². The fourth-order valence-electron chi connectivity index (χ4n) is 0.486. The molecule has 0 atom stereocenters. The number of aliphatic hydroxyl groups excluding tert-OH is 1. The maximum Gasteiger partial charge on any atom is 0.0891 e. The van der Waals surface area contributed by atoms with E-state index in [1.165, 1.54) is 0 Å². The minimum atomic E-state index is -0.0437. The van der Waals surface area contributed by atoms with E-state index in [-0.39, 0.29) is 6.61 Å². The molecule has 1 radical (unpaired) electrons. The average Bonchev–Trinajstić information content (AvgIpc) is 1.89. The van der Waals surface area contributed by atoms with Gasteiger partial charge in [-0.05, 0) is 28.1 Å². The third-order valence-corrected chi connectivity index (χ3v) is 1.65. The first-order valence-corrected chi connectivity index (χ1v) is 3.26. The van der Waals surface area contributed by atoms with Gasteiger partial charge in [-0.15, -0.1) is 0 Å². The van der Waals surface area contributed by atoms with Crippen LogP contribution in [0.3, 0.4) is 0 Å². The molecule has 1 N–H and O–H groups in total. The minimum absolute atomic E-state index is 0.0437. The van der Waals surface area contributed by atoms with Crippen molar-refractivity contribution in [1.29, 1.82) is 0 Å². The van der Waals surface area contributed by atoms with Crippen LogP contribution in [0.25, 0.3) is 0 Å². The summed E-state index contributed by atoms with van der Waals surface area (Å²) in [6.45, 7) is -0.0437. The van der Waals surface area contributed by atoms with E-state index < -0.39 is 0 Å². The molecular weight excluding hydrogens is 182 g/mol. The number of nitrogens with zero attached hydrogens (tertiary/aromatic N) is 1. The molecule has 0 spiro atoms. The van der Waals surface area contributed by atoms with Gasteiger partial charge >= 0.3 is 0 Å². The summed E-state index contributed by atoms with van der Waals surface area (Å²) in [5.74, 6) is 0. The van der Waals surface area contributed by atoms with E-state index in [1.807, 2.05) is 0 Å². The van der Waals surface area contributed by atoms with Crippen molar-refractivity contribution in [2.75, 3.05) is 0 Å². The van der Waals surface area contributed by atoms with Crippen molar-refractivity contribution in [3.05, 3.63) is 28.5 Å². The number of aromatic nitrogens is 1. The predicted molar refractivity (Wildman–Crippen MR) is 36.7 cm³/mol. The zero-order valence-corrected chi connectivity index (χ0v) is 6.22. The summed E-state index contributed by atoms with van der Waals surface area (Å²) in [5.41, 5.74) is 0.623. The number of aliphatic hydroxyl groups is 1. The van der Waals surface area contributed by atoms with Crippen LogP contribution in [0.5, 0.6) is 0 Å². The van der Waals surface area contributed by atoms with E-state index in [0.29, 0.717) is 5.69 Å². The highest BCUT2D eigenvalue weighted by molar-refractivity contribution is 9.10. The second-order valence-electron chi connectivity index (χ2n) is 1.53. The SMILES string of the molecule is OCc1n[c]ccc1Br. The summed E-state index contributed by atoms with van der Waals surface area (Å²) in [6.07, 6.45) is 2.61. The molecule has 0 aliphatic rings. The zero-order valence-electron chi connectivity index (χ0n) is 4.63. The first kappa shape index (κ1) is 6.71. The van der Waals surface area contributed by atoms with Gasteiger partial charge in [0.25, 0.3) is 0 Å². The lowest BCUT2D eigenvalue weighted by Gasteiger charge is -1.94. The third-order valence-electron chi connectivity index (χ3n) is 0.929. The van der Waals surface area contributed by atoms with Crippen molar-refractivity contribution in [3.8, 4) is 0 Å². The molecule has 1 aromatic rings. The Morgan fingerprint density at radius 1 is 1.78 bits per heavy atom. The van der Waals surface area contributed by atoms with E-state index in [0.717, 1.165) is 4.47 Å². The van der Waals surface area contributed by atoms with Crippen LogP contribution >= 0.6 is 15.9 Å². The molecule has 0 aliphatic heterocycles. The number of hydrogen-bond donors (Lipinski definition) is 1. The second-order valence-corrected chi connectivity index (χ2v) is 2.38. The second kappa shape index (κ2) is 2.94. The van der Waals surface area contributed by atoms with Crippen molar-refractivity contribution in [2.24, 2.45) is 0 Å². The normalized spacial score (nSPS) is 9.56. The van der Waals surface area contributed by atoms with E-state index in [9.17, 15) is 0 Å². The Labute approximate surface area is 61.7 Å². The average molecular weight is 187 g/mol. The summed E-state index contributed by atoms with van der Waals surface area (Å²) >= 11 is 3.21. The van der Waals surface area contributed by atoms with Crippen molar-refractivity contribution >= 4 is 15.9 Å². The Balaban J connectivity index is 3.01. The molecule has 1 heterocycles. The van der Waals surface area contributed by atoms with Crippen LogP contribution in [0.15, 0.2) is 16.6 Å². The molecule has 2 nitrogen and oxygen atoms in total. The first-order valence-electron chi connectivity index (χ1n) is 2.47. The van der Waals surface area contributed by atoms with Crippen LogP contribution in [0.1, 0.15) is 5.69 Å². The van der Waals surface area contributed by atoms with Crippen LogP contribution in [0.2, 0.25) is 0 Å². The van der Waals surface area contributed by atoms with Gasteiger partial charge in [0.1, 0.15) is 0 Å². The van der Waals surface area contributed by atoms with Gasteiger partial charge in [0.2, 0.25) is 0 Å². The lowest BCUT2D eigenvalue weighted by Crippen LogP contribution is -1.88. The minimum Gasteiger partial charge on any atom is -0.390 e. The van der Waals surface area contributed by atoms with Gasteiger partial charge in [-0.1, -0.05) is 0 Å². The standard InChI is InChI=1S/C6H5BrNO/c7-5-2-1-3-8-6(5)4-9/h1-2,9H,4H2. The smallest absolute Gasteiger partial charge is 0.0891 e. The molecule has 0 aromatic carbocycles. The number of hydrogen-bond acceptors (Lipinski definition) is 2. The Hall–Kier alpha value is -0.410.